The van der Waals surface area contributed by atoms with E-state index in [1.54, 1.807) is 18.8 Å². The highest BCUT2D eigenvalue weighted by atomic mass is 16.2. The van der Waals surface area contributed by atoms with Crippen molar-refractivity contribution in [2.45, 2.75) is 27.1 Å². The molecule has 57 valence electrons. The Kier molecular flexibility index (Phi) is 4.16. The molecule has 0 aromatic carbocycles. The summed E-state index contributed by atoms with van der Waals surface area (Å²) in [5, 5.41) is 0. The predicted molar refractivity (Wildman–Crippen MR) is 43.8 cm³/mol. The number of amides is 1. The van der Waals surface area contributed by atoms with Gasteiger partial charge in [0.2, 0.25) is 13.3 Å². The molecule has 0 heterocycles. The lowest BCUT2D eigenvalue weighted by atomic mass is 9.80. The summed E-state index contributed by atoms with van der Waals surface area (Å²) in [5.41, 5.74) is 0. The maximum atomic E-state index is 10.7. The van der Waals surface area contributed by atoms with Crippen LogP contribution in [-0.4, -0.2) is 25.2 Å². The van der Waals surface area contributed by atoms with Gasteiger partial charge in [-0.2, -0.15) is 0 Å². The van der Waals surface area contributed by atoms with E-state index < -0.39 is 0 Å². The summed E-state index contributed by atoms with van der Waals surface area (Å²) >= 11 is 0. The fraction of sp³-hybridized carbons (Fsp3) is 0.857. The van der Waals surface area contributed by atoms with Crippen molar-refractivity contribution >= 4 is 13.3 Å². The molecule has 1 amide bonds. The summed E-state index contributed by atoms with van der Waals surface area (Å²) in [6.45, 7) is 5.83. The van der Waals surface area contributed by atoms with Crippen LogP contribution in [-0.2, 0) is 4.79 Å². The predicted octanol–water partition coefficient (Wildman–Crippen LogP) is 1.16. The number of carbonyl (C=O) groups is 1. The zero-order valence-electron chi connectivity index (χ0n) is 7.22. The third kappa shape index (κ3) is 4.42. The van der Waals surface area contributed by atoms with Crippen LogP contribution in [0, 0.1) is 5.92 Å². The molecule has 0 atom stereocenters. The molecule has 2 nitrogen and oxygen atoms in total. The van der Waals surface area contributed by atoms with E-state index in [9.17, 15) is 4.79 Å². The smallest absolute Gasteiger partial charge is 0.249 e. The number of hydrogen-bond acceptors (Lipinski definition) is 1. The van der Waals surface area contributed by atoms with Crippen LogP contribution in [0.3, 0.4) is 0 Å². The van der Waals surface area contributed by atoms with Gasteiger partial charge in [-0.1, -0.05) is 26.1 Å². The van der Waals surface area contributed by atoms with Crippen molar-refractivity contribution in [2.75, 3.05) is 7.05 Å². The van der Waals surface area contributed by atoms with Crippen LogP contribution in [0.2, 0.25) is 6.32 Å². The molecule has 0 N–H and O–H groups in total. The van der Waals surface area contributed by atoms with Crippen molar-refractivity contribution < 1.29 is 4.79 Å². The number of hydrogen-bond donors (Lipinski definition) is 0. The zero-order valence-corrected chi connectivity index (χ0v) is 7.22. The lowest BCUT2D eigenvalue weighted by molar-refractivity contribution is -0.123. The minimum Gasteiger partial charge on any atom is -0.394 e. The largest absolute Gasteiger partial charge is 0.394 e. The lowest BCUT2D eigenvalue weighted by Gasteiger charge is -2.13. The van der Waals surface area contributed by atoms with Crippen LogP contribution in [0.25, 0.3) is 0 Å². The molecular weight excluding hydrogens is 125 g/mol. The van der Waals surface area contributed by atoms with Gasteiger partial charge in [-0.25, -0.2) is 0 Å². The van der Waals surface area contributed by atoms with Crippen molar-refractivity contribution in [1.82, 2.24) is 4.81 Å². The molecule has 0 saturated carbocycles. The topological polar surface area (TPSA) is 20.3 Å². The van der Waals surface area contributed by atoms with E-state index in [1.165, 1.54) is 0 Å². The first-order valence-electron chi connectivity index (χ1n) is 3.60. The molecule has 0 spiro atoms. The molecule has 10 heavy (non-hydrogen) atoms. The summed E-state index contributed by atoms with van der Waals surface area (Å²) in [6.07, 6.45) is 0.968. The van der Waals surface area contributed by atoms with Crippen LogP contribution in [0.15, 0.2) is 0 Å². The third-order valence-electron chi connectivity index (χ3n) is 1.35. The Morgan fingerprint density at radius 2 is 2.10 bits per heavy atom. The standard InChI is InChI=1S/C7H15BNO/c1-6(2)5-8-9(4)7(3)10/h6H,5H2,1-4H3. The van der Waals surface area contributed by atoms with Crippen molar-refractivity contribution in [3.8, 4) is 0 Å². The fourth-order valence-corrected chi connectivity index (χ4v) is 0.497. The molecule has 3 heteroatoms. The zero-order chi connectivity index (χ0) is 8.15. The lowest BCUT2D eigenvalue weighted by Crippen LogP contribution is -2.28. The minimum atomic E-state index is 0.0978. The van der Waals surface area contributed by atoms with E-state index in [-0.39, 0.29) is 5.91 Å². The van der Waals surface area contributed by atoms with Gasteiger partial charge in [0.05, 0.1) is 0 Å². The maximum Gasteiger partial charge on any atom is 0.249 e. The minimum absolute atomic E-state index is 0.0978. The molecular formula is C7H15BNO. The molecule has 0 aromatic heterocycles. The van der Waals surface area contributed by atoms with E-state index in [0.717, 1.165) is 6.32 Å². The van der Waals surface area contributed by atoms with E-state index in [1.807, 2.05) is 7.41 Å². The van der Waals surface area contributed by atoms with Crippen LogP contribution in [0.4, 0.5) is 0 Å². The van der Waals surface area contributed by atoms with Gasteiger partial charge >= 0.3 is 0 Å². The maximum absolute atomic E-state index is 10.7. The summed E-state index contributed by atoms with van der Waals surface area (Å²) in [6, 6.07) is 0. The Morgan fingerprint density at radius 1 is 1.60 bits per heavy atom. The van der Waals surface area contributed by atoms with Crippen molar-refractivity contribution in [3.63, 3.8) is 0 Å². The van der Waals surface area contributed by atoms with Crippen LogP contribution < -0.4 is 0 Å². The second-order valence-corrected chi connectivity index (χ2v) is 2.94. The van der Waals surface area contributed by atoms with Gasteiger partial charge in [0.15, 0.2) is 0 Å². The highest BCUT2D eigenvalue weighted by molar-refractivity contribution is 6.36. The highest BCUT2D eigenvalue weighted by Crippen LogP contribution is 1.99. The first-order chi connectivity index (χ1) is 4.54. The van der Waals surface area contributed by atoms with Gasteiger partial charge in [-0.3, -0.25) is 4.79 Å². The van der Waals surface area contributed by atoms with Crippen molar-refractivity contribution in [3.05, 3.63) is 0 Å². The molecule has 0 aromatic rings. The van der Waals surface area contributed by atoms with E-state index >= 15 is 0 Å². The Morgan fingerprint density at radius 3 is 2.40 bits per heavy atom. The first kappa shape index (κ1) is 9.53. The Balaban J connectivity index is 3.40. The molecule has 0 saturated heterocycles. The normalized spacial score (nSPS) is 9.70. The van der Waals surface area contributed by atoms with Gasteiger partial charge < -0.3 is 4.81 Å². The van der Waals surface area contributed by atoms with E-state index in [4.69, 9.17) is 0 Å². The second kappa shape index (κ2) is 4.37. The van der Waals surface area contributed by atoms with Crippen LogP contribution >= 0.6 is 0 Å². The molecule has 0 bridgehead atoms. The van der Waals surface area contributed by atoms with Gasteiger partial charge in [0, 0.05) is 6.92 Å². The van der Waals surface area contributed by atoms with Crippen molar-refractivity contribution in [1.29, 1.82) is 0 Å². The molecule has 0 fully saturated rings. The SMILES string of the molecule is CC(=O)N(C)[B]CC(C)C. The first-order valence-corrected chi connectivity index (χ1v) is 3.60. The van der Waals surface area contributed by atoms with Crippen molar-refractivity contribution in [2.24, 2.45) is 5.92 Å². The van der Waals surface area contributed by atoms with E-state index in [0.29, 0.717) is 5.92 Å². The van der Waals surface area contributed by atoms with E-state index in [2.05, 4.69) is 13.8 Å². The number of rotatable bonds is 3. The average Bonchev–Trinajstić information content (AvgIpc) is 1.82. The Hall–Kier alpha value is -0.465. The van der Waals surface area contributed by atoms with Gasteiger partial charge in [0.25, 0.3) is 0 Å². The molecule has 0 unspecified atom stereocenters. The Labute approximate surface area is 63.9 Å². The van der Waals surface area contributed by atoms with Gasteiger partial charge in [-0.05, 0) is 7.05 Å². The summed E-state index contributed by atoms with van der Waals surface area (Å²) < 4.78 is 0. The molecule has 0 aliphatic carbocycles. The monoisotopic (exact) mass is 140 g/mol. The number of nitrogens with zero attached hydrogens (tertiary/aromatic N) is 1. The highest BCUT2D eigenvalue weighted by Gasteiger charge is 2.04. The second-order valence-electron chi connectivity index (χ2n) is 2.94. The fourth-order valence-electron chi connectivity index (χ4n) is 0.497. The molecule has 0 aliphatic rings. The van der Waals surface area contributed by atoms with Crippen LogP contribution in [0.5, 0.6) is 0 Å². The summed E-state index contributed by atoms with van der Waals surface area (Å²) in [7, 11) is 3.71. The average molecular weight is 140 g/mol. The Bertz CT molecular complexity index is 114. The van der Waals surface area contributed by atoms with Crippen LogP contribution in [0.1, 0.15) is 20.8 Å². The summed E-state index contributed by atoms with van der Waals surface area (Å²) in [5.74, 6) is 0.724. The third-order valence-corrected chi connectivity index (χ3v) is 1.35. The molecule has 0 aliphatic heterocycles. The number of carbonyl (C=O) groups excluding carboxylic acids is 1. The summed E-state index contributed by atoms with van der Waals surface area (Å²) in [4.78, 5) is 12.3. The molecule has 1 radical (unpaired) electrons. The quantitative estimate of drug-likeness (QED) is 0.538. The molecule has 0 rings (SSSR count). The van der Waals surface area contributed by atoms with Gasteiger partial charge in [-0.15, -0.1) is 0 Å². The van der Waals surface area contributed by atoms with Gasteiger partial charge in [0.1, 0.15) is 0 Å².